The zero-order valence-corrected chi connectivity index (χ0v) is 11.0. The minimum atomic E-state index is -0.0937. The van der Waals surface area contributed by atoms with Crippen molar-refractivity contribution in [2.24, 2.45) is 0 Å². The SMILES string of the molecule is CCn1cc(N)cc1C(=O)NCCc1cscn1. The normalized spacial score (nSPS) is 10.5. The van der Waals surface area contributed by atoms with Crippen LogP contribution in [-0.2, 0) is 13.0 Å². The van der Waals surface area contributed by atoms with Crippen LogP contribution in [0, 0.1) is 0 Å². The third-order valence-corrected chi connectivity index (χ3v) is 3.28. The Hall–Kier alpha value is -1.82. The molecular weight excluding hydrogens is 248 g/mol. The maximum Gasteiger partial charge on any atom is 0.267 e. The lowest BCUT2D eigenvalue weighted by Crippen LogP contribution is -2.27. The van der Waals surface area contributed by atoms with Gasteiger partial charge in [-0.15, -0.1) is 11.3 Å². The number of anilines is 1. The van der Waals surface area contributed by atoms with E-state index in [9.17, 15) is 4.79 Å². The maximum atomic E-state index is 12.0. The van der Waals surface area contributed by atoms with Gasteiger partial charge in [0.15, 0.2) is 0 Å². The lowest BCUT2D eigenvalue weighted by Gasteiger charge is -2.06. The number of carbonyl (C=O) groups is 1. The molecule has 2 aromatic rings. The maximum absolute atomic E-state index is 12.0. The number of hydrogen-bond acceptors (Lipinski definition) is 4. The van der Waals surface area contributed by atoms with Crippen LogP contribution < -0.4 is 11.1 Å². The van der Waals surface area contributed by atoms with E-state index in [0.29, 0.717) is 17.9 Å². The van der Waals surface area contributed by atoms with Gasteiger partial charge in [0.05, 0.1) is 16.9 Å². The average Bonchev–Trinajstić information content (AvgIpc) is 2.98. The fraction of sp³-hybridized carbons (Fsp3) is 0.333. The van der Waals surface area contributed by atoms with Crippen molar-refractivity contribution in [1.82, 2.24) is 14.9 Å². The molecule has 0 spiro atoms. The highest BCUT2D eigenvalue weighted by Crippen LogP contribution is 2.10. The first-order valence-corrected chi connectivity index (χ1v) is 6.76. The second-order valence-electron chi connectivity index (χ2n) is 3.93. The highest BCUT2D eigenvalue weighted by molar-refractivity contribution is 7.07. The number of hydrogen-bond donors (Lipinski definition) is 2. The van der Waals surface area contributed by atoms with Gasteiger partial charge in [-0.25, -0.2) is 4.98 Å². The molecule has 0 saturated heterocycles. The summed E-state index contributed by atoms with van der Waals surface area (Å²) in [5.74, 6) is -0.0937. The first kappa shape index (κ1) is 12.6. The molecule has 0 bridgehead atoms. The molecule has 3 N–H and O–H groups in total. The van der Waals surface area contributed by atoms with E-state index in [1.54, 1.807) is 29.1 Å². The topological polar surface area (TPSA) is 72.9 Å². The molecule has 0 aliphatic rings. The lowest BCUT2D eigenvalue weighted by molar-refractivity contribution is 0.0945. The van der Waals surface area contributed by atoms with Gasteiger partial charge in [-0.05, 0) is 13.0 Å². The highest BCUT2D eigenvalue weighted by atomic mass is 32.1. The first-order valence-electron chi connectivity index (χ1n) is 5.81. The van der Waals surface area contributed by atoms with Crippen molar-refractivity contribution in [3.05, 3.63) is 34.5 Å². The Morgan fingerprint density at radius 2 is 2.44 bits per heavy atom. The highest BCUT2D eigenvalue weighted by Gasteiger charge is 2.11. The van der Waals surface area contributed by atoms with E-state index < -0.39 is 0 Å². The van der Waals surface area contributed by atoms with E-state index in [1.807, 2.05) is 16.9 Å². The van der Waals surface area contributed by atoms with Crippen molar-refractivity contribution in [1.29, 1.82) is 0 Å². The van der Waals surface area contributed by atoms with Crippen molar-refractivity contribution >= 4 is 22.9 Å². The Labute approximate surface area is 110 Å². The van der Waals surface area contributed by atoms with E-state index >= 15 is 0 Å². The number of nitrogens with one attached hydrogen (secondary N) is 1. The summed E-state index contributed by atoms with van der Waals surface area (Å²) in [5.41, 5.74) is 9.70. The zero-order chi connectivity index (χ0) is 13.0. The Balaban J connectivity index is 1.91. The standard InChI is InChI=1S/C12H16N4OS/c1-2-16-6-9(13)5-11(16)12(17)14-4-3-10-7-18-8-15-10/h5-8H,2-4,13H2,1H3,(H,14,17). The number of amides is 1. The molecule has 0 unspecified atom stereocenters. The van der Waals surface area contributed by atoms with Gasteiger partial charge in [0.1, 0.15) is 5.69 Å². The second kappa shape index (κ2) is 5.68. The molecule has 0 radical (unpaired) electrons. The summed E-state index contributed by atoms with van der Waals surface area (Å²) in [4.78, 5) is 16.1. The molecule has 2 heterocycles. The summed E-state index contributed by atoms with van der Waals surface area (Å²) in [7, 11) is 0. The van der Waals surface area contributed by atoms with Crippen LogP contribution >= 0.6 is 11.3 Å². The number of nitrogen functional groups attached to an aromatic ring is 1. The van der Waals surface area contributed by atoms with Crippen LogP contribution in [0.3, 0.4) is 0 Å². The Morgan fingerprint density at radius 3 is 3.11 bits per heavy atom. The van der Waals surface area contributed by atoms with Gasteiger partial charge in [-0.2, -0.15) is 0 Å². The molecule has 0 atom stereocenters. The van der Waals surface area contributed by atoms with Crippen LogP contribution in [0.2, 0.25) is 0 Å². The molecule has 2 aromatic heterocycles. The molecule has 2 rings (SSSR count). The summed E-state index contributed by atoms with van der Waals surface area (Å²) in [6.07, 6.45) is 2.52. The molecule has 5 nitrogen and oxygen atoms in total. The van der Waals surface area contributed by atoms with Crippen molar-refractivity contribution in [2.75, 3.05) is 12.3 Å². The summed E-state index contributed by atoms with van der Waals surface area (Å²) < 4.78 is 1.84. The van der Waals surface area contributed by atoms with Gasteiger partial charge >= 0.3 is 0 Å². The van der Waals surface area contributed by atoms with Crippen LogP contribution in [0.1, 0.15) is 23.1 Å². The van der Waals surface area contributed by atoms with Gasteiger partial charge in [0, 0.05) is 31.1 Å². The van der Waals surface area contributed by atoms with Crippen LogP contribution in [0.4, 0.5) is 5.69 Å². The van der Waals surface area contributed by atoms with Crippen LogP contribution in [0.15, 0.2) is 23.2 Å². The summed E-state index contributed by atoms with van der Waals surface area (Å²) >= 11 is 1.56. The Morgan fingerprint density at radius 1 is 1.61 bits per heavy atom. The van der Waals surface area contributed by atoms with Crippen LogP contribution in [0.25, 0.3) is 0 Å². The zero-order valence-electron chi connectivity index (χ0n) is 10.2. The third-order valence-electron chi connectivity index (χ3n) is 2.64. The van der Waals surface area contributed by atoms with Crippen LogP contribution in [0.5, 0.6) is 0 Å². The molecule has 0 saturated carbocycles. The number of carbonyl (C=O) groups excluding carboxylic acids is 1. The van der Waals surface area contributed by atoms with Gasteiger partial charge in [0.2, 0.25) is 0 Å². The number of aryl methyl sites for hydroxylation is 1. The van der Waals surface area contributed by atoms with Gasteiger partial charge in [-0.3, -0.25) is 4.79 Å². The van der Waals surface area contributed by atoms with Crippen molar-refractivity contribution in [3.63, 3.8) is 0 Å². The van der Waals surface area contributed by atoms with E-state index in [1.165, 1.54) is 0 Å². The fourth-order valence-corrected chi connectivity index (χ4v) is 2.33. The average molecular weight is 264 g/mol. The molecule has 96 valence electrons. The second-order valence-corrected chi connectivity index (χ2v) is 4.65. The lowest BCUT2D eigenvalue weighted by atomic mass is 10.3. The molecule has 6 heteroatoms. The Kier molecular flexibility index (Phi) is 3.99. The Bertz CT molecular complexity index is 518. The van der Waals surface area contributed by atoms with E-state index in [0.717, 1.165) is 18.7 Å². The molecule has 0 aromatic carbocycles. The van der Waals surface area contributed by atoms with E-state index in [4.69, 9.17) is 5.73 Å². The number of nitrogens with zero attached hydrogens (tertiary/aromatic N) is 2. The van der Waals surface area contributed by atoms with E-state index in [-0.39, 0.29) is 5.91 Å². The van der Waals surface area contributed by atoms with Crippen molar-refractivity contribution in [2.45, 2.75) is 19.9 Å². The summed E-state index contributed by atoms with van der Waals surface area (Å²) in [5, 5.41) is 4.86. The number of nitrogens with two attached hydrogens (primary N) is 1. The van der Waals surface area contributed by atoms with Gasteiger partial charge < -0.3 is 15.6 Å². The number of rotatable bonds is 5. The summed E-state index contributed by atoms with van der Waals surface area (Å²) in [6, 6.07) is 1.70. The monoisotopic (exact) mass is 264 g/mol. The number of thiazole rings is 1. The van der Waals surface area contributed by atoms with Crippen molar-refractivity contribution < 1.29 is 4.79 Å². The summed E-state index contributed by atoms with van der Waals surface area (Å²) in [6.45, 7) is 3.29. The largest absolute Gasteiger partial charge is 0.397 e. The smallest absolute Gasteiger partial charge is 0.267 e. The van der Waals surface area contributed by atoms with Crippen LogP contribution in [-0.4, -0.2) is 22.0 Å². The molecule has 1 amide bonds. The number of aromatic nitrogens is 2. The predicted octanol–water partition coefficient (Wildman–Crippen LogP) is 1.52. The fourth-order valence-electron chi connectivity index (χ4n) is 1.74. The van der Waals surface area contributed by atoms with Gasteiger partial charge in [-0.1, -0.05) is 0 Å². The molecule has 0 aliphatic heterocycles. The molecular formula is C12H16N4OS. The molecule has 18 heavy (non-hydrogen) atoms. The van der Waals surface area contributed by atoms with Crippen molar-refractivity contribution in [3.8, 4) is 0 Å². The minimum Gasteiger partial charge on any atom is -0.397 e. The predicted molar refractivity (Wildman–Crippen MR) is 72.7 cm³/mol. The molecule has 0 fully saturated rings. The first-order chi connectivity index (χ1) is 8.70. The van der Waals surface area contributed by atoms with E-state index in [2.05, 4.69) is 10.3 Å². The quantitative estimate of drug-likeness (QED) is 0.860. The third kappa shape index (κ3) is 2.89. The van der Waals surface area contributed by atoms with Gasteiger partial charge in [0.25, 0.3) is 5.91 Å². The molecule has 0 aliphatic carbocycles. The minimum absolute atomic E-state index is 0.0937.